The first-order chi connectivity index (χ1) is 9.52. The first-order valence-electron chi connectivity index (χ1n) is 5.88. The van der Waals surface area contributed by atoms with E-state index >= 15 is 0 Å². The lowest BCUT2D eigenvalue weighted by molar-refractivity contribution is -0.0437. The average Bonchev–Trinajstić information content (AvgIpc) is 2.93. The maximum atomic E-state index is 9.88. The Kier molecular flexibility index (Phi) is 3.22. The zero-order valence-corrected chi connectivity index (χ0v) is 11.0. The molecule has 1 unspecified atom stereocenters. The molecule has 4 atom stereocenters. The number of fused-ring (bicyclic) bond motifs is 1. The minimum absolute atomic E-state index is 0.0254. The van der Waals surface area contributed by atoms with Crippen molar-refractivity contribution in [2.45, 2.75) is 24.5 Å². The highest BCUT2D eigenvalue weighted by Crippen LogP contribution is 2.31. The smallest absolute Gasteiger partial charge is 0.226 e. The second kappa shape index (κ2) is 4.79. The molecule has 1 saturated heterocycles. The lowest BCUT2D eigenvalue weighted by Crippen LogP contribution is -2.39. The van der Waals surface area contributed by atoms with Crippen LogP contribution in [-0.4, -0.2) is 54.6 Å². The van der Waals surface area contributed by atoms with Gasteiger partial charge in [0.1, 0.15) is 17.7 Å². The Labute approximate surface area is 118 Å². The normalized spacial score (nSPS) is 30.2. The number of aliphatic hydroxyl groups is 2. The van der Waals surface area contributed by atoms with Gasteiger partial charge in [-0.15, -0.1) is 0 Å². The molecular weight excluding hydrogens is 288 g/mol. The third-order valence-electron chi connectivity index (χ3n) is 3.29. The van der Waals surface area contributed by atoms with Gasteiger partial charge in [-0.3, -0.25) is 4.57 Å². The summed E-state index contributed by atoms with van der Waals surface area (Å²) < 4.78 is 7.04. The molecule has 6 N–H and O–H groups in total. The summed E-state index contributed by atoms with van der Waals surface area (Å²) >= 11 is 5.78. The van der Waals surface area contributed by atoms with Gasteiger partial charge in [0.2, 0.25) is 5.28 Å². The molecule has 10 heteroatoms. The molecule has 0 bridgehead atoms. The van der Waals surface area contributed by atoms with E-state index in [0.717, 1.165) is 0 Å². The van der Waals surface area contributed by atoms with Crippen LogP contribution in [0.2, 0.25) is 5.28 Å². The summed E-state index contributed by atoms with van der Waals surface area (Å²) in [6, 6.07) is -0.737. The van der Waals surface area contributed by atoms with Gasteiger partial charge in [0, 0.05) is 0 Å². The Morgan fingerprint density at radius 1 is 1.45 bits per heavy atom. The number of imidazole rings is 1. The SMILES string of the molecule is Nc1nc(Cl)nc2c1ncn2C1O[C@H](CO)[C@H](O)[C@H]1N. The maximum Gasteiger partial charge on any atom is 0.226 e. The molecule has 108 valence electrons. The topological polar surface area (TPSA) is 145 Å². The van der Waals surface area contributed by atoms with Crippen molar-refractivity contribution in [1.82, 2.24) is 19.5 Å². The lowest BCUT2D eigenvalue weighted by atomic mass is 10.1. The fourth-order valence-electron chi connectivity index (χ4n) is 2.27. The summed E-state index contributed by atoms with van der Waals surface area (Å²) in [5, 5.41) is 19.0. The fourth-order valence-corrected chi connectivity index (χ4v) is 2.44. The molecule has 1 aliphatic rings. The Morgan fingerprint density at radius 2 is 2.20 bits per heavy atom. The van der Waals surface area contributed by atoms with Crippen LogP contribution in [-0.2, 0) is 4.74 Å². The molecule has 0 amide bonds. The maximum absolute atomic E-state index is 9.88. The molecule has 2 aromatic rings. The van der Waals surface area contributed by atoms with Gasteiger partial charge in [-0.25, -0.2) is 4.98 Å². The minimum atomic E-state index is -0.989. The monoisotopic (exact) mass is 300 g/mol. The number of ether oxygens (including phenoxy) is 1. The second-order valence-corrected chi connectivity index (χ2v) is 4.86. The van der Waals surface area contributed by atoms with Gasteiger partial charge < -0.3 is 26.4 Å². The molecular formula is C10H13ClN6O3. The molecule has 0 aromatic carbocycles. The molecule has 1 aliphatic heterocycles. The number of hydrogen-bond donors (Lipinski definition) is 4. The van der Waals surface area contributed by atoms with Gasteiger partial charge in [-0.1, -0.05) is 0 Å². The lowest BCUT2D eigenvalue weighted by Gasteiger charge is -2.17. The van der Waals surface area contributed by atoms with E-state index in [1.165, 1.54) is 10.9 Å². The van der Waals surface area contributed by atoms with Gasteiger partial charge in [-0.05, 0) is 11.6 Å². The Bertz CT molecular complexity index is 649. The third-order valence-corrected chi connectivity index (χ3v) is 3.46. The van der Waals surface area contributed by atoms with Gasteiger partial charge >= 0.3 is 0 Å². The zero-order valence-electron chi connectivity index (χ0n) is 10.2. The number of nitrogens with zero attached hydrogens (tertiary/aromatic N) is 4. The third kappa shape index (κ3) is 1.91. The van der Waals surface area contributed by atoms with Crippen molar-refractivity contribution in [1.29, 1.82) is 0 Å². The van der Waals surface area contributed by atoms with Gasteiger partial charge in [-0.2, -0.15) is 9.97 Å². The van der Waals surface area contributed by atoms with E-state index < -0.39 is 24.5 Å². The van der Waals surface area contributed by atoms with Crippen LogP contribution in [0.4, 0.5) is 5.82 Å². The van der Waals surface area contributed by atoms with E-state index in [2.05, 4.69) is 15.0 Å². The van der Waals surface area contributed by atoms with Crippen molar-refractivity contribution >= 4 is 28.6 Å². The molecule has 0 spiro atoms. The Hall–Kier alpha value is -1.52. The van der Waals surface area contributed by atoms with E-state index in [1.54, 1.807) is 0 Å². The van der Waals surface area contributed by atoms with Crippen LogP contribution in [0.3, 0.4) is 0 Å². The number of hydrogen-bond acceptors (Lipinski definition) is 8. The molecule has 0 saturated carbocycles. The predicted octanol–water partition coefficient (Wildman–Crippen LogP) is -1.36. The largest absolute Gasteiger partial charge is 0.394 e. The van der Waals surface area contributed by atoms with Crippen molar-refractivity contribution in [3.8, 4) is 0 Å². The summed E-state index contributed by atoms with van der Waals surface area (Å²) in [5.41, 5.74) is 12.3. The molecule has 2 aromatic heterocycles. The van der Waals surface area contributed by atoms with E-state index in [0.29, 0.717) is 11.2 Å². The van der Waals surface area contributed by atoms with Crippen LogP contribution in [0.1, 0.15) is 6.23 Å². The van der Waals surface area contributed by atoms with Crippen molar-refractivity contribution in [3.63, 3.8) is 0 Å². The summed E-state index contributed by atoms with van der Waals surface area (Å²) in [5.74, 6) is 0.143. The second-order valence-electron chi connectivity index (χ2n) is 4.52. The zero-order chi connectivity index (χ0) is 14.4. The van der Waals surface area contributed by atoms with Crippen LogP contribution in [0.5, 0.6) is 0 Å². The van der Waals surface area contributed by atoms with E-state index in [4.69, 9.17) is 32.9 Å². The molecule has 20 heavy (non-hydrogen) atoms. The van der Waals surface area contributed by atoms with Crippen LogP contribution < -0.4 is 11.5 Å². The summed E-state index contributed by atoms with van der Waals surface area (Å²) in [4.78, 5) is 11.9. The summed E-state index contributed by atoms with van der Waals surface area (Å²) in [6.07, 6.45) is -1.04. The summed E-state index contributed by atoms with van der Waals surface area (Å²) in [6.45, 7) is -0.337. The highest BCUT2D eigenvalue weighted by Gasteiger charge is 2.42. The van der Waals surface area contributed by atoms with Crippen LogP contribution in [0.25, 0.3) is 11.2 Å². The number of aromatic nitrogens is 4. The van der Waals surface area contributed by atoms with Crippen molar-refractivity contribution in [3.05, 3.63) is 11.6 Å². The van der Waals surface area contributed by atoms with Crippen LogP contribution in [0, 0.1) is 0 Å². The highest BCUT2D eigenvalue weighted by atomic mass is 35.5. The molecule has 1 fully saturated rings. The Morgan fingerprint density at radius 3 is 2.85 bits per heavy atom. The van der Waals surface area contributed by atoms with Gasteiger partial charge in [0.05, 0.1) is 19.0 Å². The first kappa shape index (κ1) is 13.5. The number of nitrogens with two attached hydrogens (primary N) is 2. The predicted molar refractivity (Wildman–Crippen MR) is 69.7 cm³/mol. The van der Waals surface area contributed by atoms with Gasteiger partial charge in [0.15, 0.2) is 17.7 Å². The van der Waals surface area contributed by atoms with Crippen LogP contribution in [0.15, 0.2) is 6.33 Å². The quantitative estimate of drug-likeness (QED) is 0.497. The van der Waals surface area contributed by atoms with Gasteiger partial charge in [0.25, 0.3) is 0 Å². The number of anilines is 1. The number of halogens is 1. The standard InChI is InChI=1S/C10H13ClN6O3/c11-10-15-7(13)5-8(16-10)17(2-14-5)9-4(12)6(19)3(1-18)20-9/h2-4,6,9,18-19H,1,12H2,(H2,13,15,16)/t3-,4-,6+,9?/m1/s1. The van der Waals surface area contributed by atoms with Crippen molar-refractivity contribution in [2.24, 2.45) is 5.73 Å². The molecule has 0 aliphatic carbocycles. The van der Waals surface area contributed by atoms with E-state index in [1.807, 2.05) is 0 Å². The molecule has 3 heterocycles. The molecule has 0 radical (unpaired) electrons. The highest BCUT2D eigenvalue weighted by molar-refractivity contribution is 6.28. The summed E-state index contributed by atoms with van der Waals surface area (Å²) in [7, 11) is 0. The Balaban J connectivity index is 2.07. The van der Waals surface area contributed by atoms with E-state index in [-0.39, 0.29) is 17.7 Å². The first-order valence-corrected chi connectivity index (χ1v) is 6.26. The fraction of sp³-hybridized carbons (Fsp3) is 0.500. The number of aliphatic hydroxyl groups excluding tert-OH is 2. The van der Waals surface area contributed by atoms with Crippen LogP contribution >= 0.6 is 11.6 Å². The van der Waals surface area contributed by atoms with E-state index in [9.17, 15) is 5.11 Å². The minimum Gasteiger partial charge on any atom is -0.394 e. The molecule has 3 rings (SSSR count). The number of nitrogen functional groups attached to an aromatic ring is 1. The number of rotatable bonds is 2. The van der Waals surface area contributed by atoms with Crippen molar-refractivity contribution in [2.75, 3.05) is 12.3 Å². The average molecular weight is 301 g/mol. The molecule has 9 nitrogen and oxygen atoms in total. The van der Waals surface area contributed by atoms with Crippen molar-refractivity contribution < 1.29 is 14.9 Å².